The Hall–Kier alpha value is -1.30. The molecule has 0 aromatic rings. The fraction of sp³-hybridized carbons (Fsp3) is 0.882. The van der Waals surface area contributed by atoms with Gasteiger partial charge in [-0.15, -0.1) is 0 Å². The lowest BCUT2D eigenvalue weighted by atomic mass is 9.80. The van der Waals surface area contributed by atoms with Gasteiger partial charge in [0.05, 0.1) is 6.54 Å². The maximum absolute atomic E-state index is 11.6. The minimum atomic E-state index is 0.0270. The van der Waals surface area contributed by atoms with E-state index in [1.807, 2.05) is 13.8 Å². The van der Waals surface area contributed by atoms with Crippen LogP contribution in [0, 0.1) is 11.3 Å². The van der Waals surface area contributed by atoms with Crippen molar-refractivity contribution in [3.8, 4) is 0 Å². The fourth-order valence-electron chi connectivity index (χ4n) is 3.30. The second-order valence-corrected chi connectivity index (χ2v) is 6.97. The van der Waals surface area contributed by atoms with Crippen LogP contribution in [0.1, 0.15) is 40.0 Å². The lowest BCUT2D eigenvalue weighted by molar-refractivity contribution is -0.123. The molecular formula is C17H32N4O2. The average Bonchev–Trinajstić information content (AvgIpc) is 2.94. The van der Waals surface area contributed by atoms with Crippen LogP contribution in [0.5, 0.6) is 0 Å². The SMILES string of the molecule is CCNC(=NCCNC(=O)C(C)C)N1CCC2(CCOCC2)C1. The summed E-state index contributed by atoms with van der Waals surface area (Å²) in [7, 11) is 0. The molecule has 1 amide bonds. The number of rotatable bonds is 5. The fourth-order valence-corrected chi connectivity index (χ4v) is 3.30. The van der Waals surface area contributed by atoms with Crippen LogP contribution < -0.4 is 10.6 Å². The summed E-state index contributed by atoms with van der Waals surface area (Å²) in [5.74, 6) is 1.10. The molecule has 2 saturated heterocycles. The summed E-state index contributed by atoms with van der Waals surface area (Å²) >= 11 is 0. The molecule has 6 nitrogen and oxygen atoms in total. The number of aliphatic imine (C=N–C) groups is 1. The van der Waals surface area contributed by atoms with Crippen LogP contribution >= 0.6 is 0 Å². The minimum Gasteiger partial charge on any atom is -0.381 e. The molecule has 6 heteroatoms. The van der Waals surface area contributed by atoms with Crippen molar-refractivity contribution in [2.75, 3.05) is 45.9 Å². The first-order chi connectivity index (χ1) is 11.1. The lowest BCUT2D eigenvalue weighted by Gasteiger charge is -2.33. The second kappa shape index (κ2) is 8.52. The van der Waals surface area contributed by atoms with Crippen LogP contribution in [0.25, 0.3) is 0 Å². The summed E-state index contributed by atoms with van der Waals surface area (Å²) in [6, 6.07) is 0. The Balaban J connectivity index is 1.85. The first-order valence-corrected chi connectivity index (χ1v) is 8.95. The molecule has 0 aromatic heterocycles. The van der Waals surface area contributed by atoms with Crippen molar-refractivity contribution in [3.05, 3.63) is 0 Å². The van der Waals surface area contributed by atoms with E-state index in [9.17, 15) is 4.79 Å². The third kappa shape index (κ3) is 5.09. The molecule has 2 rings (SSSR count). The van der Waals surface area contributed by atoms with Crippen molar-refractivity contribution in [2.24, 2.45) is 16.3 Å². The van der Waals surface area contributed by atoms with Gasteiger partial charge in [0.1, 0.15) is 0 Å². The molecule has 2 N–H and O–H groups in total. The number of likely N-dealkylation sites (tertiary alicyclic amines) is 1. The van der Waals surface area contributed by atoms with Crippen molar-refractivity contribution < 1.29 is 9.53 Å². The zero-order valence-electron chi connectivity index (χ0n) is 14.9. The molecule has 2 aliphatic rings. The van der Waals surface area contributed by atoms with E-state index in [1.165, 1.54) is 6.42 Å². The highest BCUT2D eigenvalue weighted by Gasteiger charge is 2.40. The van der Waals surface area contributed by atoms with E-state index >= 15 is 0 Å². The third-order valence-corrected chi connectivity index (χ3v) is 4.82. The Kier molecular flexibility index (Phi) is 6.69. The summed E-state index contributed by atoms with van der Waals surface area (Å²) in [5, 5.41) is 6.31. The van der Waals surface area contributed by atoms with Crippen LogP contribution in [-0.4, -0.2) is 62.7 Å². The van der Waals surface area contributed by atoms with Crippen LogP contribution in [0.15, 0.2) is 4.99 Å². The van der Waals surface area contributed by atoms with Gasteiger partial charge in [-0.1, -0.05) is 13.8 Å². The van der Waals surface area contributed by atoms with E-state index in [2.05, 4.69) is 22.5 Å². The van der Waals surface area contributed by atoms with Crippen LogP contribution in [0.2, 0.25) is 0 Å². The number of amides is 1. The van der Waals surface area contributed by atoms with E-state index in [-0.39, 0.29) is 11.8 Å². The first kappa shape index (κ1) is 18.0. The number of carbonyl (C=O) groups excluding carboxylic acids is 1. The van der Waals surface area contributed by atoms with Crippen molar-refractivity contribution in [3.63, 3.8) is 0 Å². The predicted molar refractivity (Wildman–Crippen MR) is 92.5 cm³/mol. The molecule has 0 unspecified atom stereocenters. The van der Waals surface area contributed by atoms with Crippen LogP contribution in [-0.2, 0) is 9.53 Å². The quantitative estimate of drug-likeness (QED) is 0.453. The molecule has 0 atom stereocenters. The first-order valence-electron chi connectivity index (χ1n) is 8.95. The maximum atomic E-state index is 11.6. The molecule has 23 heavy (non-hydrogen) atoms. The summed E-state index contributed by atoms with van der Waals surface area (Å²) in [4.78, 5) is 18.6. The van der Waals surface area contributed by atoms with Gasteiger partial charge in [-0.2, -0.15) is 0 Å². The van der Waals surface area contributed by atoms with Gasteiger partial charge in [-0.3, -0.25) is 9.79 Å². The summed E-state index contributed by atoms with van der Waals surface area (Å²) in [5.41, 5.74) is 0.417. The monoisotopic (exact) mass is 324 g/mol. The summed E-state index contributed by atoms with van der Waals surface area (Å²) < 4.78 is 5.52. The van der Waals surface area contributed by atoms with E-state index in [0.717, 1.165) is 51.6 Å². The van der Waals surface area contributed by atoms with Crippen molar-refractivity contribution in [1.29, 1.82) is 0 Å². The van der Waals surface area contributed by atoms with E-state index in [4.69, 9.17) is 9.73 Å². The molecule has 2 fully saturated rings. The highest BCUT2D eigenvalue weighted by molar-refractivity contribution is 5.80. The maximum Gasteiger partial charge on any atom is 0.222 e. The zero-order chi connectivity index (χ0) is 16.7. The van der Waals surface area contributed by atoms with Crippen molar-refractivity contribution in [2.45, 2.75) is 40.0 Å². The van der Waals surface area contributed by atoms with E-state index in [1.54, 1.807) is 0 Å². The molecular weight excluding hydrogens is 292 g/mol. The molecule has 1 spiro atoms. The van der Waals surface area contributed by atoms with E-state index < -0.39 is 0 Å². The van der Waals surface area contributed by atoms with Crippen molar-refractivity contribution >= 4 is 11.9 Å². The Bertz CT molecular complexity index is 417. The lowest BCUT2D eigenvalue weighted by Crippen LogP contribution is -2.42. The number of nitrogens with zero attached hydrogens (tertiary/aromatic N) is 2. The molecule has 132 valence electrons. The van der Waals surface area contributed by atoms with Crippen molar-refractivity contribution in [1.82, 2.24) is 15.5 Å². The molecule has 0 aliphatic carbocycles. The van der Waals surface area contributed by atoms with Gasteiger partial charge in [0, 0.05) is 45.3 Å². The second-order valence-electron chi connectivity index (χ2n) is 6.97. The Morgan fingerprint density at radius 2 is 2.00 bits per heavy atom. The molecule has 0 radical (unpaired) electrons. The minimum absolute atomic E-state index is 0.0270. The highest BCUT2D eigenvalue weighted by Crippen LogP contribution is 2.39. The summed E-state index contributed by atoms with van der Waals surface area (Å²) in [6.07, 6.45) is 3.55. The Labute approximate surface area is 140 Å². The number of hydrogen-bond acceptors (Lipinski definition) is 3. The van der Waals surface area contributed by atoms with E-state index in [0.29, 0.717) is 18.5 Å². The number of nitrogens with one attached hydrogen (secondary N) is 2. The van der Waals surface area contributed by atoms with Gasteiger partial charge in [-0.25, -0.2) is 0 Å². The smallest absolute Gasteiger partial charge is 0.222 e. The molecule has 0 aromatic carbocycles. The van der Waals surface area contributed by atoms with Gasteiger partial charge in [-0.05, 0) is 31.6 Å². The molecule has 0 saturated carbocycles. The Morgan fingerprint density at radius 1 is 1.26 bits per heavy atom. The van der Waals surface area contributed by atoms with Gasteiger partial charge in [0.2, 0.25) is 5.91 Å². The molecule has 2 aliphatic heterocycles. The predicted octanol–water partition coefficient (Wildman–Crippen LogP) is 1.23. The normalized spacial score (nSPS) is 21.0. The average molecular weight is 324 g/mol. The van der Waals surface area contributed by atoms with Gasteiger partial charge >= 0.3 is 0 Å². The molecule has 0 bridgehead atoms. The molecule has 2 heterocycles. The number of ether oxygens (including phenoxy) is 1. The number of carbonyl (C=O) groups is 1. The topological polar surface area (TPSA) is 66.0 Å². The van der Waals surface area contributed by atoms with Crippen LogP contribution in [0.3, 0.4) is 0 Å². The zero-order valence-corrected chi connectivity index (χ0v) is 14.9. The van der Waals surface area contributed by atoms with Gasteiger partial charge < -0.3 is 20.3 Å². The summed E-state index contributed by atoms with van der Waals surface area (Å²) in [6.45, 7) is 11.9. The third-order valence-electron chi connectivity index (χ3n) is 4.82. The highest BCUT2D eigenvalue weighted by atomic mass is 16.5. The largest absolute Gasteiger partial charge is 0.381 e. The number of hydrogen-bond donors (Lipinski definition) is 2. The van der Waals surface area contributed by atoms with Gasteiger partial charge in [0.15, 0.2) is 5.96 Å². The standard InChI is InChI=1S/C17H32N4O2/c1-4-18-16(20-9-8-19-15(22)14(2)3)21-10-5-17(13-21)6-11-23-12-7-17/h14H,4-13H2,1-3H3,(H,18,20)(H,19,22). The van der Waals surface area contributed by atoms with Gasteiger partial charge in [0.25, 0.3) is 0 Å². The Morgan fingerprint density at radius 3 is 2.65 bits per heavy atom. The van der Waals surface area contributed by atoms with Crippen LogP contribution in [0.4, 0.5) is 0 Å². The number of guanidine groups is 1.